The summed E-state index contributed by atoms with van der Waals surface area (Å²) in [6, 6.07) is 9.38. The van der Waals surface area contributed by atoms with Crippen molar-refractivity contribution in [1.82, 2.24) is 9.29 Å². The molecule has 1 aliphatic rings. The van der Waals surface area contributed by atoms with E-state index in [1.807, 2.05) is 0 Å². The van der Waals surface area contributed by atoms with E-state index >= 15 is 0 Å². The molecule has 1 aliphatic heterocycles. The molecule has 0 atom stereocenters. The van der Waals surface area contributed by atoms with Crippen molar-refractivity contribution >= 4 is 21.6 Å². The molecule has 0 aliphatic carbocycles. The zero-order chi connectivity index (χ0) is 14.3. The van der Waals surface area contributed by atoms with Crippen molar-refractivity contribution in [2.75, 3.05) is 5.73 Å². The zero-order valence-corrected chi connectivity index (χ0v) is 11.2. The summed E-state index contributed by atoms with van der Waals surface area (Å²) in [5.74, 6) is -0.550. The van der Waals surface area contributed by atoms with Gasteiger partial charge in [0.1, 0.15) is 4.90 Å². The number of carbonyl (C=O) groups excluding carboxylic acids is 1. The standard InChI is InChI=1S/C13H11N3O3S/c14-9-4-5-11-12(7-9)20(18,19)16(13(11)17)8-10-3-1-2-6-15-10/h1-7H,8,14H2. The van der Waals surface area contributed by atoms with Gasteiger partial charge < -0.3 is 5.73 Å². The van der Waals surface area contributed by atoms with Crippen LogP contribution in [0.25, 0.3) is 0 Å². The normalized spacial score (nSPS) is 16.2. The molecular formula is C13H11N3O3S. The second kappa shape index (κ2) is 4.31. The van der Waals surface area contributed by atoms with Crippen LogP contribution >= 0.6 is 0 Å². The lowest BCUT2D eigenvalue weighted by atomic mass is 10.2. The van der Waals surface area contributed by atoms with Crippen LogP contribution in [0.1, 0.15) is 16.1 Å². The number of nitrogens with two attached hydrogens (primary N) is 1. The second-order valence-corrected chi connectivity index (χ2v) is 6.22. The Hall–Kier alpha value is -2.41. The number of nitrogen functional groups attached to an aromatic ring is 1. The first-order valence-corrected chi connectivity index (χ1v) is 7.30. The maximum atomic E-state index is 12.4. The number of anilines is 1. The van der Waals surface area contributed by atoms with Crippen molar-refractivity contribution in [1.29, 1.82) is 0 Å². The minimum atomic E-state index is -3.85. The van der Waals surface area contributed by atoms with Crippen LogP contribution in [0.15, 0.2) is 47.5 Å². The molecule has 0 unspecified atom stereocenters. The van der Waals surface area contributed by atoms with Gasteiger partial charge in [0.05, 0.1) is 17.8 Å². The van der Waals surface area contributed by atoms with Crippen molar-refractivity contribution in [2.24, 2.45) is 0 Å². The van der Waals surface area contributed by atoms with Gasteiger partial charge in [0.25, 0.3) is 15.9 Å². The van der Waals surface area contributed by atoms with Crippen molar-refractivity contribution in [2.45, 2.75) is 11.4 Å². The number of aromatic nitrogens is 1. The van der Waals surface area contributed by atoms with Gasteiger partial charge in [-0.1, -0.05) is 6.07 Å². The molecular weight excluding hydrogens is 278 g/mol. The Morgan fingerprint density at radius 3 is 2.70 bits per heavy atom. The van der Waals surface area contributed by atoms with Gasteiger partial charge in [-0.3, -0.25) is 9.78 Å². The quantitative estimate of drug-likeness (QED) is 0.833. The third-order valence-corrected chi connectivity index (χ3v) is 4.83. The number of benzene rings is 1. The van der Waals surface area contributed by atoms with Crippen molar-refractivity contribution < 1.29 is 13.2 Å². The van der Waals surface area contributed by atoms with Crippen molar-refractivity contribution in [3.8, 4) is 0 Å². The van der Waals surface area contributed by atoms with Gasteiger partial charge in [-0.2, -0.15) is 0 Å². The van der Waals surface area contributed by atoms with Crippen LogP contribution in [0.4, 0.5) is 5.69 Å². The van der Waals surface area contributed by atoms with E-state index in [1.54, 1.807) is 24.4 Å². The highest BCUT2D eigenvalue weighted by molar-refractivity contribution is 7.90. The topological polar surface area (TPSA) is 93.4 Å². The van der Waals surface area contributed by atoms with Gasteiger partial charge in [0, 0.05) is 11.9 Å². The fraction of sp³-hybridized carbons (Fsp3) is 0.0769. The van der Waals surface area contributed by atoms with Crippen molar-refractivity contribution in [3.63, 3.8) is 0 Å². The minimum Gasteiger partial charge on any atom is -0.399 e. The number of hydrogen-bond acceptors (Lipinski definition) is 5. The van der Waals surface area contributed by atoms with Gasteiger partial charge in [-0.15, -0.1) is 0 Å². The molecule has 7 heteroatoms. The highest BCUT2D eigenvalue weighted by Crippen LogP contribution is 2.32. The van der Waals surface area contributed by atoms with Crippen LogP contribution in [0.2, 0.25) is 0 Å². The molecule has 1 amide bonds. The van der Waals surface area contributed by atoms with Gasteiger partial charge in [-0.05, 0) is 30.3 Å². The van der Waals surface area contributed by atoms with Crippen LogP contribution in [0.3, 0.4) is 0 Å². The molecule has 20 heavy (non-hydrogen) atoms. The molecule has 102 valence electrons. The summed E-state index contributed by atoms with van der Waals surface area (Å²) in [7, 11) is -3.85. The number of fused-ring (bicyclic) bond motifs is 1. The number of carbonyl (C=O) groups is 1. The summed E-state index contributed by atoms with van der Waals surface area (Å²) in [5, 5.41) is 0. The first-order chi connectivity index (χ1) is 9.50. The second-order valence-electron chi connectivity index (χ2n) is 4.39. The van der Waals surface area contributed by atoms with Gasteiger partial charge in [0.15, 0.2) is 0 Å². The molecule has 0 saturated carbocycles. The van der Waals surface area contributed by atoms with E-state index in [0.29, 0.717) is 11.4 Å². The van der Waals surface area contributed by atoms with Crippen LogP contribution in [0, 0.1) is 0 Å². The summed E-state index contributed by atoms with van der Waals surface area (Å²) in [5.41, 5.74) is 6.55. The van der Waals surface area contributed by atoms with E-state index in [-0.39, 0.29) is 17.0 Å². The number of amides is 1. The predicted molar refractivity (Wildman–Crippen MR) is 72.2 cm³/mol. The molecule has 3 rings (SSSR count). The number of rotatable bonds is 2. The highest BCUT2D eigenvalue weighted by atomic mass is 32.2. The summed E-state index contributed by atoms with van der Waals surface area (Å²) in [4.78, 5) is 16.2. The summed E-state index contributed by atoms with van der Waals surface area (Å²) >= 11 is 0. The van der Waals surface area contributed by atoms with Crippen LogP contribution in [-0.2, 0) is 16.6 Å². The molecule has 0 radical (unpaired) electrons. The van der Waals surface area contributed by atoms with E-state index in [1.165, 1.54) is 18.2 Å². The predicted octanol–water partition coefficient (Wildman–Crippen LogP) is 1.01. The van der Waals surface area contributed by atoms with Gasteiger partial charge in [0.2, 0.25) is 0 Å². The molecule has 0 bridgehead atoms. The average molecular weight is 289 g/mol. The summed E-state index contributed by atoms with van der Waals surface area (Å²) in [6.45, 7) is -0.0867. The van der Waals surface area contributed by atoms with E-state index in [0.717, 1.165) is 4.31 Å². The number of sulfonamides is 1. The van der Waals surface area contributed by atoms with Crippen molar-refractivity contribution in [3.05, 3.63) is 53.9 Å². The van der Waals surface area contributed by atoms with E-state index < -0.39 is 15.9 Å². The monoisotopic (exact) mass is 289 g/mol. The lowest BCUT2D eigenvalue weighted by Crippen LogP contribution is -2.29. The fourth-order valence-electron chi connectivity index (χ4n) is 2.09. The van der Waals surface area contributed by atoms with Gasteiger partial charge in [-0.25, -0.2) is 12.7 Å². The number of nitrogens with zero attached hydrogens (tertiary/aromatic N) is 2. The first kappa shape index (κ1) is 12.6. The van der Waals surface area contributed by atoms with E-state index in [9.17, 15) is 13.2 Å². The lowest BCUT2D eigenvalue weighted by Gasteiger charge is -2.14. The SMILES string of the molecule is Nc1ccc2c(c1)S(=O)(=O)N(Cc1ccccn1)C2=O. The third-order valence-electron chi connectivity index (χ3n) is 3.06. The molecule has 1 aromatic carbocycles. The molecule has 0 fully saturated rings. The Labute approximate surface area is 115 Å². The minimum absolute atomic E-state index is 0.0431. The summed E-state index contributed by atoms with van der Waals surface area (Å²) < 4.78 is 25.6. The molecule has 2 N–H and O–H groups in total. The Bertz CT molecular complexity index is 788. The lowest BCUT2D eigenvalue weighted by molar-refractivity contribution is 0.0864. The zero-order valence-electron chi connectivity index (χ0n) is 10.4. The van der Waals surface area contributed by atoms with E-state index in [2.05, 4.69) is 4.98 Å². The fourth-order valence-corrected chi connectivity index (χ4v) is 3.66. The maximum Gasteiger partial charge on any atom is 0.269 e. The Balaban J connectivity index is 2.06. The molecule has 1 aromatic heterocycles. The Kier molecular flexibility index (Phi) is 2.72. The van der Waals surface area contributed by atoms with E-state index in [4.69, 9.17) is 5.73 Å². The Morgan fingerprint density at radius 2 is 2.00 bits per heavy atom. The number of hydrogen-bond donors (Lipinski definition) is 1. The summed E-state index contributed by atoms with van der Waals surface area (Å²) in [6.07, 6.45) is 1.55. The first-order valence-electron chi connectivity index (χ1n) is 5.86. The molecule has 2 heterocycles. The third kappa shape index (κ3) is 1.83. The largest absolute Gasteiger partial charge is 0.399 e. The van der Waals surface area contributed by atoms with Crippen LogP contribution < -0.4 is 5.73 Å². The Morgan fingerprint density at radius 1 is 1.20 bits per heavy atom. The highest BCUT2D eigenvalue weighted by Gasteiger charge is 2.41. The van der Waals surface area contributed by atoms with Crippen LogP contribution in [0.5, 0.6) is 0 Å². The van der Waals surface area contributed by atoms with Gasteiger partial charge >= 0.3 is 0 Å². The molecule has 2 aromatic rings. The molecule has 0 saturated heterocycles. The maximum absolute atomic E-state index is 12.4. The molecule has 6 nitrogen and oxygen atoms in total. The van der Waals surface area contributed by atoms with Crippen LogP contribution in [-0.4, -0.2) is 23.6 Å². The molecule has 0 spiro atoms. The smallest absolute Gasteiger partial charge is 0.269 e. The average Bonchev–Trinajstić information content (AvgIpc) is 2.61. The number of pyridine rings is 1.